The molecule has 0 spiro atoms. The largest absolute Gasteiger partial charge is 0.296 e. The third kappa shape index (κ3) is 1.84. The Balaban J connectivity index is 2.11. The van der Waals surface area contributed by atoms with Crippen LogP contribution >= 0.6 is 0 Å². The number of hydrogen-bond donors (Lipinski definition) is 0. The molecule has 2 heteroatoms. The van der Waals surface area contributed by atoms with Crippen LogP contribution in [0.2, 0.25) is 0 Å². The van der Waals surface area contributed by atoms with E-state index in [0.29, 0.717) is 12.8 Å². The number of alkyl halides is 1. The molecule has 0 aromatic heterocycles. The van der Waals surface area contributed by atoms with Crippen LogP contribution in [0.1, 0.15) is 30.7 Å². The topological polar surface area (TPSA) is 17.1 Å². The summed E-state index contributed by atoms with van der Waals surface area (Å²) in [6.07, 6.45) is 0.307. The van der Waals surface area contributed by atoms with E-state index in [2.05, 4.69) is 0 Å². The summed E-state index contributed by atoms with van der Waals surface area (Å²) in [5.41, 5.74) is 1.16. The van der Waals surface area contributed by atoms with Gasteiger partial charge in [0, 0.05) is 6.42 Å². The van der Waals surface area contributed by atoms with Crippen LogP contribution in [0.3, 0.4) is 0 Å². The van der Waals surface area contributed by atoms with E-state index >= 15 is 0 Å². The Labute approximate surface area is 82.9 Å². The fourth-order valence-corrected chi connectivity index (χ4v) is 2.00. The highest BCUT2D eigenvalue weighted by Crippen LogP contribution is 2.32. The molecule has 1 aliphatic carbocycles. The molecular weight excluding hydrogens is 179 g/mol. The smallest absolute Gasteiger partial charge is 0.166 e. The van der Waals surface area contributed by atoms with E-state index in [1.54, 1.807) is 0 Å². The molecule has 0 amide bonds. The number of ketones is 1. The van der Waals surface area contributed by atoms with Crippen molar-refractivity contribution in [3.05, 3.63) is 35.9 Å². The number of carbonyl (C=O) groups excluding carboxylic acids is 1. The van der Waals surface area contributed by atoms with Gasteiger partial charge in [-0.25, -0.2) is 4.39 Å². The Hall–Kier alpha value is -1.18. The van der Waals surface area contributed by atoms with E-state index in [-0.39, 0.29) is 11.7 Å². The lowest BCUT2D eigenvalue weighted by molar-refractivity contribution is -0.125. The molecule has 74 valence electrons. The summed E-state index contributed by atoms with van der Waals surface area (Å²) in [7, 11) is 0. The number of halogens is 1. The van der Waals surface area contributed by atoms with Crippen molar-refractivity contribution < 1.29 is 9.18 Å². The summed E-state index contributed by atoms with van der Waals surface area (Å²) in [5.74, 6) is 0.00100. The van der Waals surface area contributed by atoms with Crippen LogP contribution in [-0.2, 0) is 4.79 Å². The van der Waals surface area contributed by atoms with Gasteiger partial charge in [-0.2, -0.15) is 0 Å². The lowest BCUT2D eigenvalue weighted by Gasteiger charge is -2.23. The van der Waals surface area contributed by atoms with Crippen LogP contribution in [0, 0.1) is 0 Å². The van der Waals surface area contributed by atoms with Gasteiger partial charge in [0.2, 0.25) is 0 Å². The molecule has 0 radical (unpaired) electrons. The highest BCUT2D eigenvalue weighted by molar-refractivity contribution is 5.83. The Kier molecular flexibility index (Phi) is 2.62. The van der Waals surface area contributed by atoms with Gasteiger partial charge in [-0.15, -0.1) is 0 Å². The maximum Gasteiger partial charge on any atom is 0.166 e. The number of carbonyl (C=O) groups is 1. The molecule has 0 bridgehead atoms. The molecule has 0 heterocycles. The first kappa shape index (κ1) is 9.38. The van der Waals surface area contributed by atoms with Crippen molar-refractivity contribution in [1.82, 2.24) is 0 Å². The van der Waals surface area contributed by atoms with E-state index in [1.165, 1.54) is 0 Å². The zero-order chi connectivity index (χ0) is 9.97. The van der Waals surface area contributed by atoms with Gasteiger partial charge in [0.25, 0.3) is 0 Å². The van der Waals surface area contributed by atoms with Crippen molar-refractivity contribution in [1.29, 1.82) is 0 Å². The van der Waals surface area contributed by atoms with E-state index < -0.39 is 6.17 Å². The number of benzene rings is 1. The van der Waals surface area contributed by atoms with Crippen LogP contribution in [0.25, 0.3) is 0 Å². The molecule has 1 fully saturated rings. The van der Waals surface area contributed by atoms with Gasteiger partial charge in [0.15, 0.2) is 12.0 Å². The first-order valence-electron chi connectivity index (χ1n) is 4.99. The van der Waals surface area contributed by atoms with E-state index in [1.807, 2.05) is 30.3 Å². The minimum atomic E-state index is -1.24. The van der Waals surface area contributed by atoms with Crippen molar-refractivity contribution in [2.24, 2.45) is 0 Å². The number of Topliss-reactive ketones (excluding diaryl/α,β-unsaturated/α-hetero) is 1. The van der Waals surface area contributed by atoms with Gasteiger partial charge >= 0.3 is 0 Å². The Bertz CT molecular complexity index is 320. The van der Waals surface area contributed by atoms with Gasteiger partial charge in [0.1, 0.15) is 0 Å². The summed E-state index contributed by atoms with van der Waals surface area (Å²) >= 11 is 0. The Morgan fingerprint density at radius 1 is 1.21 bits per heavy atom. The molecule has 0 aliphatic heterocycles. The van der Waals surface area contributed by atoms with Crippen molar-refractivity contribution in [3.8, 4) is 0 Å². The van der Waals surface area contributed by atoms with Crippen LogP contribution in [0.4, 0.5) is 4.39 Å². The molecule has 2 atom stereocenters. The van der Waals surface area contributed by atoms with Crippen LogP contribution in [0.15, 0.2) is 30.3 Å². The number of hydrogen-bond acceptors (Lipinski definition) is 1. The summed E-state index contributed by atoms with van der Waals surface area (Å²) in [4.78, 5) is 11.0. The van der Waals surface area contributed by atoms with E-state index in [9.17, 15) is 9.18 Å². The monoisotopic (exact) mass is 192 g/mol. The summed E-state index contributed by atoms with van der Waals surface area (Å²) in [5, 5.41) is 0. The van der Waals surface area contributed by atoms with E-state index in [4.69, 9.17) is 0 Å². The molecule has 14 heavy (non-hydrogen) atoms. The van der Waals surface area contributed by atoms with Gasteiger partial charge in [-0.05, 0) is 24.3 Å². The standard InChI is InChI=1S/C12H13FO/c13-11-8-10(6-7-12(11)14)9-4-2-1-3-5-9/h1-5,10-11H,6-8H2/t10-,11+/m1/s1. The second-order valence-corrected chi connectivity index (χ2v) is 3.82. The number of rotatable bonds is 1. The molecule has 0 unspecified atom stereocenters. The second kappa shape index (κ2) is 3.91. The lowest BCUT2D eigenvalue weighted by Crippen LogP contribution is -2.24. The maximum absolute atomic E-state index is 13.2. The average Bonchev–Trinajstić information content (AvgIpc) is 2.23. The first-order chi connectivity index (χ1) is 6.77. The highest BCUT2D eigenvalue weighted by atomic mass is 19.1. The molecule has 1 nitrogen and oxygen atoms in total. The third-order valence-electron chi connectivity index (χ3n) is 2.85. The van der Waals surface area contributed by atoms with E-state index in [0.717, 1.165) is 12.0 Å². The zero-order valence-electron chi connectivity index (χ0n) is 7.95. The fourth-order valence-electron chi connectivity index (χ4n) is 2.00. The normalized spacial score (nSPS) is 27.6. The highest BCUT2D eigenvalue weighted by Gasteiger charge is 2.28. The first-order valence-corrected chi connectivity index (χ1v) is 4.99. The molecule has 1 saturated carbocycles. The van der Waals surface area contributed by atoms with Crippen LogP contribution < -0.4 is 0 Å². The molecule has 2 rings (SSSR count). The maximum atomic E-state index is 13.2. The minimum Gasteiger partial charge on any atom is -0.296 e. The Morgan fingerprint density at radius 2 is 1.93 bits per heavy atom. The van der Waals surface area contributed by atoms with Crippen molar-refractivity contribution in [2.75, 3.05) is 0 Å². The van der Waals surface area contributed by atoms with Gasteiger partial charge in [-0.1, -0.05) is 30.3 Å². The van der Waals surface area contributed by atoms with Gasteiger partial charge < -0.3 is 0 Å². The molecule has 1 aliphatic rings. The van der Waals surface area contributed by atoms with Crippen molar-refractivity contribution in [2.45, 2.75) is 31.4 Å². The molecular formula is C12H13FO. The predicted molar refractivity (Wildman–Crippen MR) is 52.9 cm³/mol. The third-order valence-corrected chi connectivity index (χ3v) is 2.85. The van der Waals surface area contributed by atoms with Crippen molar-refractivity contribution >= 4 is 5.78 Å². The van der Waals surface area contributed by atoms with Crippen LogP contribution in [-0.4, -0.2) is 12.0 Å². The Morgan fingerprint density at radius 3 is 2.57 bits per heavy atom. The zero-order valence-corrected chi connectivity index (χ0v) is 7.95. The summed E-state index contributed by atoms with van der Waals surface area (Å²) < 4.78 is 13.2. The molecule has 1 aromatic rings. The SMILES string of the molecule is O=C1CC[C@@H](c2ccccc2)C[C@@H]1F. The van der Waals surface area contributed by atoms with Crippen molar-refractivity contribution in [3.63, 3.8) is 0 Å². The molecule has 0 N–H and O–H groups in total. The minimum absolute atomic E-state index is 0.225. The second-order valence-electron chi connectivity index (χ2n) is 3.82. The predicted octanol–water partition coefficient (Wildman–Crippen LogP) is 2.86. The van der Waals surface area contributed by atoms with Crippen LogP contribution in [0.5, 0.6) is 0 Å². The average molecular weight is 192 g/mol. The lowest BCUT2D eigenvalue weighted by atomic mass is 9.82. The summed E-state index contributed by atoms with van der Waals surface area (Å²) in [6, 6.07) is 9.88. The quantitative estimate of drug-likeness (QED) is 0.668. The van der Waals surface area contributed by atoms with Gasteiger partial charge in [-0.3, -0.25) is 4.79 Å². The fraction of sp³-hybridized carbons (Fsp3) is 0.417. The molecule has 1 aromatic carbocycles. The molecule has 0 saturated heterocycles. The van der Waals surface area contributed by atoms with Gasteiger partial charge in [0.05, 0.1) is 0 Å². The summed E-state index contributed by atoms with van der Waals surface area (Å²) in [6.45, 7) is 0.